The van der Waals surface area contributed by atoms with E-state index in [-0.39, 0.29) is 68.0 Å². The Morgan fingerprint density at radius 3 is 2.29 bits per heavy atom. The van der Waals surface area contributed by atoms with Crippen molar-refractivity contribution in [2.24, 2.45) is 0 Å². The fraction of sp³-hybridized carbons (Fsp3) is 0.439. The number of aromatic nitrogens is 4. The molecule has 3 amide bonds. The molecule has 2 aliphatic heterocycles. The predicted molar refractivity (Wildman–Crippen MR) is 219 cm³/mol. The van der Waals surface area contributed by atoms with Crippen LogP contribution < -0.4 is 20.7 Å². The first-order valence-corrected chi connectivity index (χ1v) is 19.8. The number of carbonyl (C=O) groups is 3. The molecule has 1 saturated heterocycles. The number of benzene rings is 1. The van der Waals surface area contributed by atoms with E-state index < -0.39 is 58.6 Å². The quantitative estimate of drug-likeness (QED) is 0.190. The molecule has 0 spiro atoms. The number of anilines is 3. The Kier molecular flexibility index (Phi) is 9.97. The molecule has 1 fully saturated rings. The maximum atomic E-state index is 17.0. The molecule has 306 valence electrons. The summed E-state index contributed by atoms with van der Waals surface area (Å²) in [5, 5.41) is 2.78. The van der Waals surface area contributed by atoms with Gasteiger partial charge < -0.3 is 24.2 Å². The summed E-state index contributed by atoms with van der Waals surface area (Å²) in [6, 6.07) is 4.12. The number of halogens is 2. The lowest BCUT2D eigenvalue weighted by Crippen LogP contribution is -2.66. The lowest BCUT2D eigenvalue weighted by Gasteiger charge is -2.49. The van der Waals surface area contributed by atoms with Crippen molar-refractivity contribution in [1.82, 2.24) is 24.4 Å². The van der Waals surface area contributed by atoms with Crippen molar-refractivity contribution in [2.45, 2.75) is 98.4 Å². The fourth-order valence-corrected chi connectivity index (χ4v) is 8.37. The number of pyridine rings is 3. The van der Waals surface area contributed by atoms with Gasteiger partial charge >= 0.3 is 12.2 Å². The molecule has 1 N–H and O–H groups in total. The minimum atomic E-state index is -0.934. The second kappa shape index (κ2) is 14.3. The number of carbonyl (C=O) groups excluding carboxylic acids is 3. The maximum absolute atomic E-state index is 17.0. The number of fused-ring (bicyclic) bond motifs is 6. The largest absolute Gasteiger partial charge is 0.444 e. The van der Waals surface area contributed by atoms with Crippen LogP contribution in [-0.2, 0) is 14.3 Å². The first-order chi connectivity index (χ1) is 27.1. The molecule has 0 bridgehead atoms. The van der Waals surface area contributed by atoms with Gasteiger partial charge in [-0.2, -0.15) is 0 Å². The number of amides is 3. The van der Waals surface area contributed by atoms with Gasteiger partial charge in [0.1, 0.15) is 40.3 Å². The van der Waals surface area contributed by atoms with Crippen LogP contribution in [0.1, 0.15) is 79.5 Å². The van der Waals surface area contributed by atoms with E-state index in [4.69, 9.17) is 14.5 Å². The fourth-order valence-electron chi connectivity index (χ4n) is 7.48. The Morgan fingerprint density at radius 1 is 0.948 bits per heavy atom. The van der Waals surface area contributed by atoms with Crippen molar-refractivity contribution >= 4 is 67.2 Å². The Balaban J connectivity index is 1.49. The number of nitrogens with one attached hydrogen (secondary N) is 1. The number of thiazole rings is 1. The van der Waals surface area contributed by atoms with Crippen molar-refractivity contribution < 1.29 is 32.6 Å². The van der Waals surface area contributed by atoms with Crippen molar-refractivity contribution in [3.63, 3.8) is 0 Å². The van der Waals surface area contributed by atoms with E-state index in [0.29, 0.717) is 16.9 Å². The third-order valence-electron chi connectivity index (χ3n) is 9.94. The highest BCUT2D eigenvalue weighted by Gasteiger charge is 2.47. The van der Waals surface area contributed by atoms with Crippen molar-refractivity contribution in [3.05, 3.63) is 63.7 Å². The molecule has 2 atom stereocenters. The summed E-state index contributed by atoms with van der Waals surface area (Å²) in [6.07, 6.45) is 0.266. The molecule has 58 heavy (non-hydrogen) atoms. The molecular weight excluding hydrogens is 771 g/mol. The van der Waals surface area contributed by atoms with Crippen LogP contribution in [0.25, 0.3) is 38.2 Å². The molecule has 0 unspecified atom stereocenters. The summed E-state index contributed by atoms with van der Waals surface area (Å²) < 4.78 is 44.8. The molecule has 0 saturated carbocycles. The smallest absolute Gasteiger partial charge is 0.413 e. The SMILES string of the molecule is Cc1ccnc(C(C)C)c1-n1c(=O)c2c(c3cc(F)c(-c4ccc(F)c5sc(NC(=O)OC(C)(C)C)nc45)nc31)N1C[C@@H](C)N(C(=O)OC(C)(C)C)C[C@@H]1C(=O)N2C. The second-order valence-corrected chi connectivity index (χ2v) is 18.0. The van der Waals surface area contributed by atoms with Gasteiger partial charge in [-0.05, 0) is 91.1 Å². The summed E-state index contributed by atoms with van der Waals surface area (Å²) >= 11 is 0.850. The molecule has 0 aliphatic carbocycles. The summed E-state index contributed by atoms with van der Waals surface area (Å²) in [7, 11) is 1.49. The zero-order valence-electron chi connectivity index (χ0n) is 34.3. The number of piperazine rings is 1. The van der Waals surface area contributed by atoms with Gasteiger partial charge in [-0.1, -0.05) is 25.2 Å². The minimum Gasteiger partial charge on any atom is -0.444 e. The van der Waals surface area contributed by atoms with Gasteiger partial charge in [-0.3, -0.25) is 24.5 Å². The van der Waals surface area contributed by atoms with Crippen molar-refractivity contribution in [2.75, 3.05) is 35.3 Å². The third-order valence-corrected chi connectivity index (χ3v) is 10.9. The van der Waals surface area contributed by atoms with Crippen molar-refractivity contribution in [1.29, 1.82) is 0 Å². The Hall–Kier alpha value is -5.71. The van der Waals surface area contributed by atoms with Crippen LogP contribution in [0.15, 0.2) is 35.3 Å². The van der Waals surface area contributed by atoms with Gasteiger partial charge in [0.2, 0.25) is 0 Å². The van der Waals surface area contributed by atoms with E-state index >= 15 is 13.6 Å². The van der Waals surface area contributed by atoms with Gasteiger partial charge in [0, 0.05) is 36.8 Å². The standard InChI is InChI=1S/C41H46F2N8O6S/c1-19(2)27-30(20(3)14-15-44-27)51-34-23(31-32(36(51)53)48(11)35(52)26-18-49(21(4)17-50(26)31)39(55)57-41(8,9)10)16-25(43)28(45-34)22-12-13-24(42)33-29(22)46-37(58-33)47-38(54)56-40(5,6)7/h12-16,19,21,26H,17-18H2,1-11H3,(H,46,47,54)/t21-,26-/m1/s1. The van der Waals surface area contributed by atoms with E-state index in [1.165, 1.54) is 33.5 Å². The molecule has 6 heterocycles. The van der Waals surface area contributed by atoms with Crippen LogP contribution in [0, 0.1) is 18.6 Å². The first-order valence-electron chi connectivity index (χ1n) is 18.9. The third kappa shape index (κ3) is 7.09. The lowest BCUT2D eigenvalue weighted by atomic mass is 9.98. The average Bonchev–Trinajstić information content (AvgIpc) is 3.53. The van der Waals surface area contributed by atoms with E-state index in [0.717, 1.165) is 17.4 Å². The highest BCUT2D eigenvalue weighted by molar-refractivity contribution is 7.22. The molecule has 0 radical (unpaired) electrons. The highest BCUT2D eigenvalue weighted by atomic mass is 32.1. The van der Waals surface area contributed by atoms with Crippen LogP contribution in [0.5, 0.6) is 0 Å². The number of hydrogen-bond acceptors (Lipinski definition) is 11. The van der Waals surface area contributed by atoms with E-state index in [9.17, 15) is 14.4 Å². The van der Waals surface area contributed by atoms with Crippen LogP contribution in [0.2, 0.25) is 0 Å². The van der Waals surface area contributed by atoms with Crippen LogP contribution in [0.4, 0.5) is 34.9 Å². The summed E-state index contributed by atoms with van der Waals surface area (Å²) in [5.74, 6) is -2.06. The summed E-state index contributed by atoms with van der Waals surface area (Å²) in [5.41, 5.74) is -0.238. The number of aryl methyl sites for hydroxylation is 1. The Morgan fingerprint density at radius 2 is 1.64 bits per heavy atom. The normalized spacial score (nSPS) is 17.2. The molecular formula is C41H46F2N8O6S. The van der Waals surface area contributed by atoms with E-state index in [1.54, 1.807) is 58.7 Å². The summed E-state index contributed by atoms with van der Waals surface area (Å²) in [4.78, 5) is 73.9. The van der Waals surface area contributed by atoms with Gasteiger partial charge in [-0.15, -0.1) is 0 Å². The molecule has 2 aliphatic rings. The average molecular weight is 817 g/mol. The van der Waals surface area contributed by atoms with Gasteiger partial charge in [-0.25, -0.2) is 28.3 Å². The van der Waals surface area contributed by atoms with Crippen molar-refractivity contribution in [3.8, 4) is 16.9 Å². The lowest BCUT2D eigenvalue weighted by molar-refractivity contribution is -0.121. The van der Waals surface area contributed by atoms with Crippen LogP contribution in [-0.4, -0.2) is 85.9 Å². The van der Waals surface area contributed by atoms with Crippen LogP contribution >= 0.6 is 11.3 Å². The highest BCUT2D eigenvalue weighted by Crippen LogP contribution is 2.44. The number of likely N-dealkylation sites (N-methyl/N-ethyl adjacent to an activating group) is 1. The maximum Gasteiger partial charge on any atom is 0.413 e. The number of rotatable bonds is 4. The van der Waals surface area contributed by atoms with Crippen LogP contribution in [0.3, 0.4) is 0 Å². The minimum absolute atomic E-state index is 0.0140. The van der Waals surface area contributed by atoms with E-state index in [2.05, 4.69) is 15.3 Å². The molecule has 1 aromatic carbocycles. The second-order valence-electron chi connectivity index (χ2n) is 17.0. The number of nitrogens with zero attached hydrogens (tertiary/aromatic N) is 7. The Bertz CT molecular complexity index is 2590. The molecule has 4 aromatic heterocycles. The molecule has 5 aromatic rings. The Labute approximate surface area is 337 Å². The molecule has 14 nitrogen and oxygen atoms in total. The zero-order valence-corrected chi connectivity index (χ0v) is 35.1. The summed E-state index contributed by atoms with van der Waals surface area (Å²) in [6.45, 7) is 17.9. The zero-order chi connectivity index (χ0) is 42.3. The predicted octanol–water partition coefficient (Wildman–Crippen LogP) is 7.91. The van der Waals surface area contributed by atoms with E-state index in [1.807, 2.05) is 27.7 Å². The number of ether oxygens (including phenoxy) is 2. The van der Waals surface area contributed by atoms with Gasteiger partial charge in [0.05, 0.1) is 33.8 Å². The topological polar surface area (TPSA) is 152 Å². The molecule has 7 rings (SSSR count). The van der Waals surface area contributed by atoms with Gasteiger partial charge in [0.25, 0.3) is 11.5 Å². The molecule has 17 heteroatoms. The monoisotopic (exact) mass is 816 g/mol. The van der Waals surface area contributed by atoms with Gasteiger partial charge in [0.15, 0.2) is 10.8 Å². The number of hydrogen-bond donors (Lipinski definition) is 1. The first kappa shape index (κ1) is 40.5.